The Hall–Kier alpha value is -0.900. The summed E-state index contributed by atoms with van der Waals surface area (Å²) in [5.74, 6) is -0.556. The fourth-order valence-corrected chi connectivity index (χ4v) is 2.66. The van der Waals surface area contributed by atoms with Gasteiger partial charge in [0.2, 0.25) is 0 Å². The smallest absolute Gasteiger partial charge is 0.322 e. The van der Waals surface area contributed by atoms with Crippen LogP contribution in [0.4, 0.5) is 0 Å². The number of ether oxygens (including phenoxy) is 2. The Morgan fingerprint density at radius 2 is 2.00 bits per heavy atom. The van der Waals surface area contributed by atoms with E-state index >= 15 is 0 Å². The minimum Gasteiger partial charge on any atom is -0.468 e. The second-order valence-electron chi connectivity index (χ2n) is 4.09. The summed E-state index contributed by atoms with van der Waals surface area (Å²) < 4.78 is 10.1. The monoisotopic (exact) mass is 198 g/mol. The van der Waals surface area contributed by atoms with Gasteiger partial charge in [-0.15, -0.1) is 0 Å². The van der Waals surface area contributed by atoms with E-state index in [0.29, 0.717) is 13.0 Å². The Morgan fingerprint density at radius 3 is 2.43 bits per heavy atom. The van der Waals surface area contributed by atoms with E-state index in [0.717, 1.165) is 12.8 Å². The lowest BCUT2D eigenvalue weighted by Gasteiger charge is -2.27. The first-order valence-corrected chi connectivity index (χ1v) is 4.82. The molecule has 1 saturated carbocycles. The number of rotatable bonds is 2. The van der Waals surface area contributed by atoms with E-state index < -0.39 is 17.0 Å². The molecule has 2 atom stereocenters. The van der Waals surface area contributed by atoms with Crippen LogP contribution < -0.4 is 0 Å². The molecule has 0 aromatic carbocycles. The van der Waals surface area contributed by atoms with Crippen molar-refractivity contribution < 1.29 is 19.1 Å². The first-order chi connectivity index (χ1) is 6.59. The molecule has 4 heteroatoms. The van der Waals surface area contributed by atoms with Crippen LogP contribution >= 0.6 is 0 Å². The summed E-state index contributed by atoms with van der Waals surface area (Å²) in [6.07, 6.45) is 2.21. The number of methoxy groups -OCH3 is 1. The molecule has 2 rings (SSSR count). The van der Waals surface area contributed by atoms with Gasteiger partial charge in [0.1, 0.15) is 11.4 Å². The Morgan fingerprint density at radius 1 is 1.36 bits per heavy atom. The molecule has 1 heterocycles. The molecule has 1 saturated heterocycles. The molecule has 2 aliphatic rings. The molecule has 2 unspecified atom stereocenters. The maximum Gasteiger partial charge on any atom is 0.322 e. The van der Waals surface area contributed by atoms with Gasteiger partial charge in [-0.25, -0.2) is 0 Å². The van der Waals surface area contributed by atoms with E-state index in [4.69, 9.17) is 9.47 Å². The molecule has 1 aliphatic carbocycles. The lowest BCUT2D eigenvalue weighted by Crippen LogP contribution is -2.47. The van der Waals surface area contributed by atoms with Gasteiger partial charge in [0.05, 0.1) is 13.7 Å². The summed E-state index contributed by atoms with van der Waals surface area (Å²) in [6.45, 7) is 1.97. The molecule has 0 N–H and O–H groups in total. The Kier molecular flexibility index (Phi) is 1.93. The number of hydrogen-bond acceptors (Lipinski definition) is 4. The van der Waals surface area contributed by atoms with Gasteiger partial charge in [0, 0.05) is 0 Å². The molecule has 0 aromatic heterocycles. The average molecular weight is 198 g/mol. The minimum atomic E-state index is -1.01. The quantitative estimate of drug-likeness (QED) is 0.372. The van der Waals surface area contributed by atoms with Crippen LogP contribution in [-0.4, -0.2) is 31.1 Å². The Bertz CT molecular complexity index is 292. The highest BCUT2D eigenvalue weighted by Crippen LogP contribution is 2.57. The summed E-state index contributed by atoms with van der Waals surface area (Å²) in [6, 6.07) is 0. The highest BCUT2D eigenvalue weighted by molar-refractivity contribution is 6.05. The Balaban J connectivity index is 2.40. The van der Waals surface area contributed by atoms with Crippen LogP contribution in [0.15, 0.2) is 0 Å². The number of hydrogen-bond donors (Lipinski definition) is 0. The number of epoxide rings is 1. The molecule has 1 aliphatic heterocycles. The van der Waals surface area contributed by atoms with Gasteiger partial charge in [0.25, 0.3) is 0 Å². The highest BCUT2D eigenvalue weighted by atomic mass is 16.6. The maximum atomic E-state index is 11.7. The number of carbonyl (C=O) groups excluding carboxylic acids is 2. The summed E-state index contributed by atoms with van der Waals surface area (Å²) in [5, 5.41) is 0. The van der Waals surface area contributed by atoms with Gasteiger partial charge in [-0.2, -0.15) is 0 Å². The third-order valence-electron chi connectivity index (χ3n) is 3.54. The van der Waals surface area contributed by atoms with Gasteiger partial charge in [-0.1, -0.05) is 0 Å². The molecular weight excluding hydrogens is 184 g/mol. The van der Waals surface area contributed by atoms with Crippen molar-refractivity contribution in [2.24, 2.45) is 5.41 Å². The normalized spacial score (nSPS) is 39.9. The zero-order valence-corrected chi connectivity index (χ0v) is 8.46. The lowest BCUT2D eigenvalue weighted by molar-refractivity contribution is -0.160. The van der Waals surface area contributed by atoms with Crippen LogP contribution in [-0.2, 0) is 19.1 Å². The van der Waals surface area contributed by atoms with E-state index in [1.165, 1.54) is 14.0 Å². The fourth-order valence-electron chi connectivity index (χ4n) is 2.66. The van der Waals surface area contributed by atoms with Crippen LogP contribution in [0, 0.1) is 5.41 Å². The highest BCUT2D eigenvalue weighted by Gasteiger charge is 2.71. The van der Waals surface area contributed by atoms with E-state index in [1.54, 1.807) is 0 Å². The van der Waals surface area contributed by atoms with Crippen molar-refractivity contribution in [2.45, 2.75) is 31.8 Å². The topological polar surface area (TPSA) is 55.9 Å². The van der Waals surface area contributed by atoms with Crippen molar-refractivity contribution in [3.63, 3.8) is 0 Å². The van der Waals surface area contributed by atoms with Gasteiger partial charge in [-0.05, 0) is 26.2 Å². The van der Waals surface area contributed by atoms with Crippen LogP contribution in [0.1, 0.15) is 26.2 Å². The second-order valence-corrected chi connectivity index (χ2v) is 4.09. The van der Waals surface area contributed by atoms with Gasteiger partial charge in [-0.3, -0.25) is 9.59 Å². The SMILES string of the molecule is COC(=O)C1(C(C)=O)CCCC12CO2. The van der Waals surface area contributed by atoms with E-state index in [9.17, 15) is 9.59 Å². The number of esters is 1. The summed E-state index contributed by atoms with van der Waals surface area (Å²) in [4.78, 5) is 23.4. The molecule has 14 heavy (non-hydrogen) atoms. The van der Waals surface area contributed by atoms with Crippen LogP contribution in [0.2, 0.25) is 0 Å². The second kappa shape index (κ2) is 2.79. The molecule has 1 spiro atoms. The van der Waals surface area contributed by atoms with Crippen LogP contribution in [0.5, 0.6) is 0 Å². The van der Waals surface area contributed by atoms with Crippen molar-refractivity contribution >= 4 is 11.8 Å². The standard InChI is InChI=1S/C10H14O4/c1-7(11)10(8(12)13-2)5-3-4-9(10)6-14-9/h3-6H2,1-2H3. The Labute approximate surface area is 82.6 Å². The van der Waals surface area contributed by atoms with Gasteiger partial charge in [0.15, 0.2) is 5.41 Å². The summed E-state index contributed by atoms with van der Waals surface area (Å²) in [7, 11) is 1.32. The third-order valence-corrected chi connectivity index (χ3v) is 3.54. The van der Waals surface area contributed by atoms with E-state index in [1.807, 2.05) is 0 Å². The predicted molar refractivity (Wildman–Crippen MR) is 47.7 cm³/mol. The van der Waals surface area contributed by atoms with Crippen molar-refractivity contribution in [3.05, 3.63) is 0 Å². The average Bonchev–Trinajstić information content (AvgIpc) is 2.79. The van der Waals surface area contributed by atoms with Crippen molar-refractivity contribution in [2.75, 3.05) is 13.7 Å². The number of carbonyl (C=O) groups is 2. The van der Waals surface area contributed by atoms with Gasteiger partial charge >= 0.3 is 5.97 Å². The molecule has 78 valence electrons. The van der Waals surface area contributed by atoms with Gasteiger partial charge < -0.3 is 9.47 Å². The van der Waals surface area contributed by atoms with Crippen molar-refractivity contribution in [1.82, 2.24) is 0 Å². The molecule has 0 radical (unpaired) electrons. The zero-order chi connectivity index (χ0) is 10.4. The third kappa shape index (κ3) is 0.919. The molecular formula is C10H14O4. The van der Waals surface area contributed by atoms with E-state index in [2.05, 4.69) is 0 Å². The minimum absolute atomic E-state index is 0.126. The fraction of sp³-hybridized carbons (Fsp3) is 0.800. The molecule has 0 aromatic rings. The first kappa shape index (κ1) is 9.65. The number of ketones is 1. The maximum absolute atomic E-state index is 11.7. The number of Topliss-reactive ketones (excluding diaryl/α,β-unsaturated/α-hetero) is 1. The summed E-state index contributed by atoms with van der Waals surface area (Å²) >= 11 is 0. The van der Waals surface area contributed by atoms with Crippen LogP contribution in [0.3, 0.4) is 0 Å². The van der Waals surface area contributed by atoms with Crippen LogP contribution in [0.25, 0.3) is 0 Å². The zero-order valence-electron chi connectivity index (χ0n) is 8.46. The molecule has 0 bridgehead atoms. The first-order valence-electron chi connectivity index (χ1n) is 4.82. The van der Waals surface area contributed by atoms with E-state index in [-0.39, 0.29) is 5.78 Å². The molecule has 0 amide bonds. The molecule has 2 fully saturated rings. The largest absolute Gasteiger partial charge is 0.468 e. The lowest BCUT2D eigenvalue weighted by atomic mass is 9.74. The predicted octanol–water partition coefficient (Wildman–Crippen LogP) is 0.688. The molecule has 4 nitrogen and oxygen atoms in total. The summed E-state index contributed by atoms with van der Waals surface area (Å²) in [5.41, 5.74) is -1.53. The van der Waals surface area contributed by atoms with Crippen molar-refractivity contribution in [1.29, 1.82) is 0 Å². The van der Waals surface area contributed by atoms with Crippen molar-refractivity contribution in [3.8, 4) is 0 Å².